The van der Waals surface area contributed by atoms with Crippen molar-refractivity contribution in [2.45, 2.75) is 26.2 Å². The van der Waals surface area contributed by atoms with Crippen LogP contribution in [-0.4, -0.2) is 5.78 Å². The normalized spacial score (nSPS) is 15.6. The molecule has 0 amide bonds. The lowest BCUT2D eigenvalue weighted by molar-refractivity contribution is 0.0966. The Labute approximate surface area is 82.9 Å². The average Bonchev–Trinajstić information content (AvgIpc) is 2.99. The summed E-state index contributed by atoms with van der Waals surface area (Å²) in [6, 6.07) is 4.77. The van der Waals surface area contributed by atoms with Gasteiger partial charge in [-0.3, -0.25) is 4.79 Å². The van der Waals surface area contributed by atoms with Gasteiger partial charge in [0.15, 0.2) is 5.78 Å². The average molecular weight is 192 g/mol. The topological polar surface area (TPSA) is 17.1 Å². The zero-order valence-corrected chi connectivity index (χ0v) is 8.22. The summed E-state index contributed by atoms with van der Waals surface area (Å²) in [6.07, 6.45) is 2.53. The molecule has 0 spiro atoms. The van der Waals surface area contributed by atoms with Crippen LogP contribution in [0.2, 0.25) is 0 Å². The maximum absolute atomic E-state index is 13.3. The molecular formula is C12H13FO. The zero-order chi connectivity index (χ0) is 10.1. The van der Waals surface area contributed by atoms with Crippen molar-refractivity contribution in [3.8, 4) is 0 Å². The Hall–Kier alpha value is -1.18. The summed E-state index contributed by atoms with van der Waals surface area (Å²) in [5.74, 6) is 0.0439. The van der Waals surface area contributed by atoms with E-state index in [1.807, 2.05) is 6.92 Å². The van der Waals surface area contributed by atoms with Gasteiger partial charge >= 0.3 is 0 Å². The molecule has 0 aliphatic heterocycles. The molecule has 1 aliphatic rings. The van der Waals surface area contributed by atoms with Gasteiger partial charge in [0.2, 0.25) is 0 Å². The quantitative estimate of drug-likeness (QED) is 0.673. The van der Waals surface area contributed by atoms with Gasteiger partial charge in [-0.25, -0.2) is 4.39 Å². The van der Waals surface area contributed by atoms with E-state index in [-0.39, 0.29) is 17.5 Å². The molecule has 74 valence electrons. The second kappa shape index (κ2) is 3.52. The van der Waals surface area contributed by atoms with E-state index in [1.165, 1.54) is 6.07 Å². The van der Waals surface area contributed by atoms with E-state index in [1.54, 1.807) is 12.1 Å². The Kier molecular flexibility index (Phi) is 2.36. The number of Topliss-reactive ketones (excluding diaryl/α,β-unsaturated/α-hetero) is 1. The Morgan fingerprint density at radius 2 is 2.21 bits per heavy atom. The highest BCUT2D eigenvalue weighted by Crippen LogP contribution is 2.33. The molecule has 2 heteroatoms. The third-order valence-corrected chi connectivity index (χ3v) is 2.69. The summed E-state index contributed by atoms with van der Waals surface area (Å²) >= 11 is 0. The maximum atomic E-state index is 13.3. The van der Waals surface area contributed by atoms with E-state index in [9.17, 15) is 9.18 Å². The summed E-state index contributed by atoms with van der Waals surface area (Å²) in [6.45, 7) is 1.88. The molecule has 0 atom stereocenters. The molecule has 1 aromatic rings. The summed E-state index contributed by atoms with van der Waals surface area (Å²) in [5.41, 5.74) is 1.17. The van der Waals surface area contributed by atoms with Crippen LogP contribution in [0.1, 0.15) is 35.7 Å². The van der Waals surface area contributed by atoms with Crippen LogP contribution in [0, 0.1) is 11.7 Å². The predicted octanol–water partition coefficient (Wildman–Crippen LogP) is 2.98. The molecule has 1 aromatic carbocycles. The van der Waals surface area contributed by atoms with Crippen molar-refractivity contribution in [3.05, 3.63) is 35.1 Å². The molecule has 1 fully saturated rings. The lowest BCUT2D eigenvalue weighted by atomic mass is 9.98. The molecule has 0 heterocycles. The van der Waals surface area contributed by atoms with Gasteiger partial charge in [-0.2, -0.15) is 0 Å². The van der Waals surface area contributed by atoms with E-state index in [4.69, 9.17) is 0 Å². The first-order chi connectivity index (χ1) is 6.74. The fourth-order valence-corrected chi connectivity index (χ4v) is 1.71. The standard InChI is InChI=1S/C12H13FO/c1-2-9-10(4-3-5-11(9)13)12(14)8-6-7-8/h3-5,8H,2,6-7H2,1H3. The molecule has 0 aromatic heterocycles. The molecule has 2 rings (SSSR count). The fourth-order valence-electron chi connectivity index (χ4n) is 1.71. The van der Waals surface area contributed by atoms with Crippen molar-refractivity contribution < 1.29 is 9.18 Å². The molecule has 14 heavy (non-hydrogen) atoms. The number of hydrogen-bond donors (Lipinski definition) is 0. The smallest absolute Gasteiger partial charge is 0.166 e. The first-order valence-electron chi connectivity index (χ1n) is 5.05. The van der Waals surface area contributed by atoms with Crippen LogP contribution in [0.25, 0.3) is 0 Å². The van der Waals surface area contributed by atoms with Crippen molar-refractivity contribution in [2.75, 3.05) is 0 Å². The van der Waals surface area contributed by atoms with Gasteiger partial charge in [0.1, 0.15) is 5.82 Å². The van der Waals surface area contributed by atoms with Crippen molar-refractivity contribution >= 4 is 5.78 Å². The third kappa shape index (κ3) is 1.57. The van der Waals surface area contributed by atoms with Crippen LogP contribution in [0.5, 0.6) is 0 Å². The summed E-state index contributed by atoms with van der Waals surface area (Å²) < 4.78 is 13.3. The lowest BCUT2D eigenvalue weighted by Gasteiger charge is -2.06. The molecule has 1 nitrogen and oxygen atoms in total. The minimum Gasteiger partial charge on any atom is -0.294 e. The molecule has 0 N–H and O–H groups in total. The molecule has 0 unspecified atom stereocenters. The summed E-state index contributed by atoms with van der Waals surface area (Å²) in [4.78, 5) is 11.8. The highest BCUT2D eigenvalue weighted by Gasteiger charge is 2.31. The zero-order valence-electron chi connectivity index (χ0n) is 8.22. The van der Waals surface area contributed by atoms with Crippen LogP contribution in [0.4, 0.5) is 4.39 Å². The monoisotopic (exact) mass is 192 g/mol. The van der Waals surface area contributed by atoms with Crippen LogP contribution in [-0.2, 0) is 6.42 Å². The van der Waals surface area contributed by atoms with E-state index < -0.39 is 0 Å². The second-order valence-electron chi connectivity index (χ2n) is 3.76. The van der Waals surface area contributed by atoms with Crippen LogP contribution < -0.4 is 0 Å². The first kappa shape index (κ1) is 9.38. The van der Waals surface area contributed by atoms with Crippen LogP contribution in [0.3, 0.4) is 0 Å². The molecule has 0 saturated heterocycles. The Morgan fingerprint density at radius 1 is 1.50 bits per heavy atom. The SMILES string of the molecule is CCc1c(F)cccc1C(=O)C1CC1. The Morgan fingerprint density at radius 3 is 2.79 bits per heavy atom. The van der Waals surface area contributed by atoms with Gasteiger partial charge in [-0.1, -0.05) is 19.1 Å². The molecule has 1 aliphatic carbocycles. The number of rotatable bonds is 3. The summed E-state index contributed by atoms with van der Waals surface area (Å²) in [7, 11) is 0. The minimum atomic E-state index is -0.251. The molecular weight excluding hydrogens is 179 g/mol. The van der Waals surface area contributed by atoms with Crippen molar-refractivity contribution in [2.24, 2.45) is 5.92 Å². The van der Waals surface area contributed by atoms with Gasteiger partial charge in [-0.15, -0.1) is 0 Å². The number of hydrogen-bond acceptors (Lipinski definition) is 1. The van der Waals surface area contributed by atoms with E-state index in [0.29, 0.717) is 17.5 Å². The minimum absolute atomic E-state index is 0.126. The van der Waals surface area contributed by atoms with Crippen molar-refractivity contribution in [1.29, 1.82) is 0 Å². The molecule has 0 bridgehead atoms. The Bertz CT molecular complexity index is 367. The van der Waals surface area contributed by atoms with Gasteiger partial charge in [0.05, 0.1) is 0 Å². The third-order valence-electron chi connectivity index (χ3n) is 2.69. The van der Waals surface area contributed by atoms with Gasteiger partial charge in [0, 0.05) is 11.5 Å². The number of benzene rings is 1. The number of ketones is 1. The van der Waals surface area contributed by atoms with E-state index >= 15 is 0 Å². The van der Waals surface area contributed by atoms with Gasteiger partial charge in [0.25, 0.3) is 0 Å². The molecule has 1 saturated carbocycles. The molecule has 0 radical (unpaired) electrons. The number of carbonyl (C=O) groups excluding carboxylic acids is 1. The van der Waals surface area contributed by atoms with Crippen LogP contribution >= 0.6 is 0 Å². The maximum Gasteiger partial charge on any atom is 0.166 e. The summed E-state index contributed by atoms with van der Waals surface area (Å²) in [5, 5.41) is 0. The van der Waals surface area contributed by atoms with E-state index in [0.717, 1.165) is 12.8 Å². The van der Waals surface area contributed by atoms with Crippen molar-refractivity contribution in [1.82, 2.24) is 0 Å². The fraction of sp³-hybridized carbons (Fsp3) is 0.417. The first-order valence-corrected chi connectivity index (χ1v) is 5.05. The van der Waals surface area contributed by atoms with Gasteiger partial charge < -0.3 is 0 Å². The second-order valence-corrected chi connectivity index (χ2v) is 3.76. The van der Waals surface area contributed by atoms with Crippen molar-refractivity contribution in [3.63, 3.8) is 0 Å². The van der Waals surface area contributed by atoms with Gasteiger partial charge in [-0.05, 0) is 30.9 Å². The predicted molar refractivity (Wildman–Crippen MR) is 52.8 cm³/mol. The number of carbonyl (C=O) groups is 1. The number of halogens is 1. The Balaban J connectivity index is 2.40. The van der Waals surface area contributed by atoms with Crippen LogP contribution in [0.15, 0.2) is 18.2 Å². The lowest BCUT2D eigenvalue weighted by Crippen LogP contribution is -2.06. The van der Waals surface area contributed by atoms with E-state index in [2.05, 4.69) is 0 Å². The highest BCUT2D eigenvalue weighted by molar-refractivity contribution is 6.00. The largest absolute Gasteiger partial charge is 0.294 e. The highest BCUT2D eigenvalue weighted by atomic mass is 19.1.